The van der Waals surface area contributed by atoms with Gasteiger partial charge in [-0.2, -0.15) is 0 Å². The number of amides is 1. The number of anilines is 1. The molecule has 2 aliphatic rings. The fourth-order valence-corrected chi connectivity index (χ4v) is 3.27. The standard InChI is InChI=1S/C14H22N4O2/c1-10-9-13(20-17-10)16-14(19)12-3-2-8-18(12)11-4-6-15-7-5-11/h9,11-12,15H,2-8H2,1H3,(H,16,19). The highest BCUT2D eigenvalue weighted by Gasteiger charge is 2.36. The summed E-state index contributed by atoms with van der Waals surface area (Å²) in [5.74, 6) is 0.488. The summed E-state index contributed by atoms with van der Waals surface area (Å²) in [7, 11) is 0. The molecule has 0 aromatic carbocycles. The van der Waals surface area contributed by atoms with Gasteiger partial charge in [-0.25, -0.2) is 0 Å². The van der Waals surface area contributed by atoms with Gasteiger partial charge in [0.15, 0.2) is 0 Å². The number of aryl methyl sites for hydroxylation is 1. The molecule has 6 nitrogen and oxygen atoms in total. The van der Waals surface area contributed by atoms with Crippen LogP contribution in [0.1, 0.15) is 31.4 Å². The molecule has 1 aromatic heterocycles. The first-order valence-electron chi connectivity index (χ1n) is 7.44. The number of carbonyl (C=O) groups is 1. The minimum atomic E-state index is -0.0245. The van der Waals surface area contributed by atoms with Crippen molar-refractivity contribution in [3.05, 3.63) is 11.8 Å². The van der Waals surface area contributed by atoms with E-state index in [-0.39, 0.29) is 11.9 Å². The van der Waals surface area contributed by atoms with E-state index in [1.54, 1.807) is 6.07 Å². The lowest BCUT2D eigenvalue weighted by Crippen LogP contribution is -2.49. The van der Waals surface area contributed by atoms with Crippen LogP contribution in [0.4, 0.5) is 5.88 Å². The van der Waals surface area contributed by atoms with Gasteiger partial charge in [0.25, 0.3) is 0 Å². The van der Waals surface area contributed by atoms with E-state index < -0.39 is 0 Å². The van der Waals surface area contributed by atoms with E-state index in [1.165, 1.54) is 0 Å². The van der Waals surface area contributed by atoms with E-state index in [1.807, 2.05) is 6.92 Å². The van der Waals surface area contributed by atoms with Crippen LogP contribution < -0.4 is 10.6 Å². The van der Waals surface area contributed by atoms with Crippen LogP contribution in [-0.2, 0) is 4.79 Å². The average molecular weight is 278 g/mol. The first-order valence-corrected chi connectivity index (χ1v) is 7.44. The van der Waals surface area contributed by atoms with E-state index in [9.17, 15) is 4.79 Å². The molecule has 3 heterocycles. The van der Waals surface area contributed by atoms with Gasteiger partial charge in [-0.3, -0.25) is 15.0 Å². The molecule has 2 aliphatic heterocycles. The Balaban J connectivity index is 1.63. The molecular weight excluding hydrogens is 256 g/mol. The molecule has 0 radical (unpaired) electrons. The van der Waals surface area contributed by atoms with E-state index >= 15 is 0 Å². The van der Waals surface area contributed by atoms with Crippen molar-refractivity contribution in [1.29, 1.82) is 0 Å². The number of rotatable bonds is 3. The molecule has 2 saturated heterocycles. The zero-order chi connectivity index (χ0) is 13.9. The van der Waals surface area contributed by atoms with Crippen LogP contribution in [0.5, 0.6) is 0 Å². The van der Waals surface area contributed by atoms with Gasteiger partial charge in [-0.15, -0.1) is 0 Å². The molecule has 1 amide bonds. The number of likely N-dealkylation sites (tertiary alicyclic amines) is 1. The average Bonchev–Trinajstić information content (AvgIpc) is 3.09. The Morgan fingerprint density at radius 2 is 2.25 bits per heavy atom. The highest BCUT2D eigenvalue weighted by atomic mass is 16.5. The molecule has 0 saturated carbocycles. The van der Waals surface area contributed by atoms with Crippen molar-refractivity contribution in [3.63, 3.8) is 0 Å². The van der Waals surface area contributed by atoms with Gasteiger partial charge in [0.1, 0.15) is 0 Å². The van der Waals surface area contributed by atoms with Gasteiger partial charge in [0, 0.05) is 12.1 Å². The fraction of sp³-hybridized carbons (Fsp3) is 0.714. The molecule has 20 heavy (non-hydrogen) atoms. The Hall–Kier alpha value is -1.40. The number of aromatic nitrogens is 1. The lowest BCUT2D eigenvalue weighted by Gasteiger charge is -2.34. The molecule has 1 unspecified atom stereocenters. The quantitative estimate of drug-likeness (QED) is 0.867. The lowest BCUT2D eigenvalue weighted by atomic mass is 10.0. The van der Waals surface area contributed by atoms with Gasteiger partial charge in [0.2, 0.25) is 11.8 Å². The van der Waals surface area contributed by atoms with Crippen molar-refractivity contribution in [2.24, 2.45) is 0 Å². The Bertz CT molecular complexity index is 467. The van der Waals surface area contributed by atoms with Crippen LogP contribution in [0, 0.1) is 6.92 Å². The third-order valence-electron chi connectivity index (χ3n) is 4.25. The van der Waals surface area contributed by atoms with Gasteiger partial charge < -0.3 is 9.84 Å². The number of nitrogens with zero attached hydrogens (tertiary/aromatic N) is 2. The summed E-state index contributed by atoms with van der Waals surface area (Å²) >= 11 is 0. The molecular formula is C14H22N4O2. The van der Waals surface area contributed by atoms with Crippen LogP contribution in [0.3, 0.4) is 0 Å². The zero-order valence-corrected chi connectivity index (χ0v) is 11.9. The topological polar surface area (TPSA) is 70.4 Å². The largest absolute Gasteiger partial charge is 0.338 e. The normalized spacial score (nSPS) is 24.9. The molecule has 0 aliphatic carbocycles. The van der Waals surface area contributed by atoms with Crippen molar-refractivity contribution in [3.8, 4) is 0 Å². The van der Waals surface area contributed by atoms with Crippen molar-refractivity contribution >= 4 is 11.8 Å². The Morgan fingerprint density at radius 1 is 1.45 bits per heavy atom. The number of carbonyl (C=O) groups excluding carboxylic acids is 1. The van der Waals surface area contributed by atoms with Crippen LogP contribution in [-0.4, -0.2) is 47.7 Å². The second-order valence-electron chi connectivity index (χ2n) is 5.70. The molecule has 1 atom stereocenters. The van der Waals surface area contributed by atoms with Crippen molar-refractivity contribution in [2.45, 2.75) is 44.7 Å². The third-order valence-corrected chi connectivity index (χ3v) is 4.25. The number of piperidine rings is 1. The van der Waals surface area contributed by atoms with Crippen LogP contribution in [0.15, 0.2) is 10.6 Å². The first-order chi connectivity index (χ1) is 9.74. The molecule has 1 aromatic rings. The van der Waals surface area contributed by atoms with E-state index in [0.29, 0.717) is 11.9 Å². The summed E-state index contributed by atoms with van der Waals surface area (Å²) in [5.41, 5.74) is 0.780. The second-order valence-corrected chi connectivity index (χ2v) is 5.70. The minimum absolute atomic E-state index is 0.0245. The fourth-order valence-electron chi connectivity index (χ4n) is 3.27. The predicted molar refractivity (Wildman–Crippen MR) is 75.5 cm³/mol. The molecule has 2 N–H and O–H groups in total. The van der Waals surface area contributed by atoms with Crippen LogP contribution in [0.25, 0.3) is 0 Å². The minimum Gasteiger partial charge on any atom is -0.338 e. The molecule has 2 fully saturated rings. The zero-order valence-electron chi connectivity index (χ0n) is 11.9. The summed E-state index contributed by atoms with van der Waals surface area (Å²) in [6.07, 6.45) is 4.29. The first kappa shape index (κ1) is 13.6. The Labute approximate surface area is 118 Å². The monoisotopic (exact) mass is 278 g/mol. The summed E-state index contributed by atoms with van der Waals surface area (Å²) in [6, 6.07) is 2.26. The van der Waals surface area contributed by atoms with Gasteiger partial charge >= 0.3 is 0 Å². The number of nitrogens with one attached hydrogen (secondary N) is 2. The molecule has 110 valence electrons. The lowest BCUT2D eigenvalue weighted by molar-refractivity contribution is -0.121. The summed E-state index contributed by atoms with van der Waals surface area (Å²) in [5, 5.41) is 10.0. The maximum Gasteiger partial charge on any atom is 0.244 e. The highest BCUT2D eigenvalue weighted by Crippen LogP contribution is 2.25. The highest BCUT2D eigenvalue weighted by molar-refractivity contribution is 5.93. The third kappa shape index (κ3) is 2.86. The maximum absolute atomic E-state index is 12.4. The number of hydrogen-bond acceptors (Lipinski definition) is 5. The van der Waals surface area contributed by atoms with Gasteiger partial charge in [-0.1, -0.05) is 5.16 Å². The SMILES string of the molecule is Cc1cc(NC(=O)C2CCCN2C2CCNCC2)on1. The van der Waals surface area contributed by atoms with Crippen molar-refractivity contribution in [2.75, 3.05) is 25.0 Å². The molecule has 0 bridgehead atoms. The summed E-state index contributed by atoms with van der Waals surface area (Å²) in [4.78, 5) is 14.8. The number of hydrogen-bond donors (Lipinski definition) is 2. The smallest absolute Gasteiger partial charge is 0.244 e. The Kier molecular flexibility index (Phi) is 4.03. The molecule has 6 heteroatoms. The second kappa shape index (κ2) is 5.93. The summed E-state index contributed by atoms with van der Waals surface area (Å²) in [6.45, 7) is 4.97. The molecule has 3 rings (SSSR count). The van der Waals surface area contributed by atoms with Gasteiger partial charge in [0.05, 0.1) is 11.7 Å². The molecule has 0 spiro atoms. The maximum atomic E-state index is 12.4. The van der Waals surface area contributed by atoms with E-state index in [4.69, 9.17) is 4.52 Å². The predicted octanol–water partition coefficient (Wildman–Crippen LogP) is 1.14. The van der Waals surface area contributed by atoms with Crippen LogP contribution in [0.2, 0.25) is 0 Å². The van der Waals surface area contributed by atoms with Crippen molar-refractivity contribution < 1.29 is 9.32 Å². The Morgan fingerprint density at radius 3 is 2.95 bits per heavy atom. The van der Waals surface area contributed by atoms with Gasteiger partial charge in [-0.05, 0) is 52.2 Å². The van der Waals surface area contributed by atoms with Crippen LogP contribution >= 0.6 is 0 Å². The van der Waals surface area contributed by atoms with E-state index in [0.717, 1.165) is 51.0 Å². The summed E-state index contributed by atoms with van der Waals surface area (Å²) < 4.78 is 5.06. The van der Waals surface area contributed by atoms with Crippen molar-refractivity contribution in [1.82, 2.24) is 15.4 Å². The van der Waals surface area contributed by atoms with E-state index in [2.05, 4.69) is 20.7 Å².